The molecule has 0 aromatic carbocycles. The second kappa shape index (κ2) is 4.46. The molecule has 1 N–H and O–H groups in total. The molecular formula is C9H14N2S2. The van der Waals surface area contributed by atoms with Crippen LogP contribution in [0.3, 0.4) is 0 Å². The van der Waals surface area contributed by atoms with Crippen LogP contribution >= 0.6 is 24.0 Å². The zero-order valence-electron chi connectivity index (χ0n) is 7.49. The molecule has 0 unspecified atom stereocenters. The summed E-state index contributed by atoms with van der Waals surface area (Å²) < 4.78 is 1.12. The molecule has 72 valence electrons. The highest BCUT2D eigenvalue weighted by Gasteiger charge is 2.10. The lowest BCUT2D eigenvalue weighted by Crippen LogP contribution is -2.42. The van der Waals surface area contributed by atoms with E-state index < -0.39 is 0 Å². The number of nitrogens with one attached hydrogen (secondary N) is 1. The molecule has 1 saturated heterocycles. The highest BCUT2D eigenvalue weighted by molar-refractivity contribution is 7.82. The van der Waals surface area contributed by atoms with Crippen LogP contribution in [0.15, 0.2) is 16.3 Å². The molecule has 13 heavy (non-hydrogen) atoms. The van der Waals surface area contributed by atoms with Crippen molar-refractivity contribution in [2.24, 2.45) is 0 Å². The Balaban J connectivity index is 1.89. The van der Waals surface area contributed by atoms with Gasteiger partial charge >= 0.3 is 0 Å². The maximum atomic E-state index is 4.31. The molecule has 0 atom stereocenters. The summed E-state index contributed by atoms with van der Waals surface area (Å²) in [6, 6.07) is 4.25. The number of thiophene rings is 1. The average molecular weight is 214 g/mol. The van der Waals surface area contributed by atoms with Crippen LogP contribution in [0.25, 0.3) is 0 Å². The van der Waals surface area contributed by atoms with Crippen molar-refractivity contribution in [3.63, 3.8) is 0 Å². The van der Waals surface area contributed by atoms with Crippen LogP contribution in [0.4, 0.5) is 0 Å². The minimum atomic E-state index is 1.09. The zero-order chi connectivity index (χ0) is 9.10. The summed E-state index contributed by atoms with van der Waals surface area (Å²) in [5, 5.41) is 3.35. The largest absolute Gasteiger partial charge is 0.314 e. The Kier molecular flexibility index (Phi) is 3.27. The Hall–Kier alpha value is -0.0300. The molecule has 0 aliphatic carbocycles. The van der Waals surface area contributed by atoms with E-state index in [9.17, 15) is 0 Å². The van der Waals surface area contributed by atoms with E-state index in [2.05, 4.69) is 35.0 Å². The first-order valence-electron chi connectivity index (χ1n) is 4.55. The Morgan fingerprint density at radius 2 is 2.15 bits per heavy atom. The second-order valence-corrected chi connectivity index (χ2v) is 5.22. The first-order chi connectivity index (χ1) is 6.34. The van der Waals surface area contributed by atoms with E-state index in [1.54, 1.807) is 11.3 Å². The third kappa shape index (κ3) is 2.71. The monoisotopic (exact) mass is 214 g/mol. The summed E-state index contributed by atoms with van der Waals surface area (Å²) in [4.78, 5) is 3.90. The molecule has 1 fully saturated rings. The molecule has 1 aromatic rings. The quantitative estimate of drug-likeness (QED) is 0.724. The molecule has 0 radical (unpaired) electrons. The van der Waals surface area contributed by atoms with Gasteiger partial charge in [-0.05, 0) is 12.1 Å². The topological polar surface area (TPSA) is 15.3 Å². The van der Waals surface area contributed by atoms with Crippen molar-refractivity contribution < 1.29 is 0 Å². The van der Waals surface area contributed by atoms with Gasteiger partial charge in [-0.15, -0.1) is 24.0 Å². The van der Waals surface area contributed by atoms with Crippen molar-refractivity contribution in [1.82, 2.24) is 10.2 Å². The Morgan fingerprint density at radius 1 is 1.38 bits per heavy atom. The lowest BCUT2D eigenvalue weighted by atomic mass is 10.3. The fourth-order valence-electron chi connectivity index (χ4n) is 1.54. The number of hydrogen-bond donors (Lipinski definition) is 2. The van der Waals surface area contributed by atoms with E-state index in [0.717, 1.165) is 23.8 Å². The smallest absolute Gasteiger partial charge is 0.0571 e. The SMILES string of the molecule is Sc1ccc(CN2CCNCC2)s1. The minimum absolute atomic E-state index is 1.09. The van der Waals surface area contributed by atoms with Crippen molar-refractivity contribution in [3.8, 4) is 0 Å². The minimum Gasteiger partial charge on any atom is -0.314 e. The van der Waals surface area contributed by atoms with Crippen LogP contribution < -0.4 is 5.32 Å². The fraction of sp³-hybridized carbons (Fsp3) is 0.556. The van der Waals surface area contributed by atoms with Gasteiger partial charge in [0.05, 0.1) is 4.21 Å². The van der Waals surface area contributed by atoms with Gasteiger partial charge < -0.3 is 5.32 Å². The summed E-state index contributed by atoms with van der Waals surface area (Å²) in [6.45, 7) is 5.67. The van der Waals surface area contributed by atoms with E-state index in [1.165, 1.54) is 18.0 Å². The number of piperazine rings is 1. The van der Waals surface area contributed by atoms with Gasteiger partial charge in [-0.1, -0.05) is 0 Å². The van der Waals surface area contributed by atoms with Crippen LogP contribution in [0.2, 0.25) is 0 Å². The predicted molar refractivity (Wildman–Crippen MR) is 59.7 cm³/mol. The van der Waals surface area contributed by atoms with Crippen LogP contribution in [-0.2, 0) is 6.54 Å². The van der Waals surface area contributed by atoms with Gasteiger partial charge in [-0.3, -0.25) is 4.90 Å². The summed E-state index contributed by atoms with van der Waals surface area (Å²) >= 11 is 6.09. The van der Waals surface area contributed by atoms with Crippen LogP contribution in [0, 0.1) is 0 Å². The molecule has 0 saturated carbocycles. The van der Waals surface area contributed by atoms with Gasteiger partial charge in [0.1, 0.15) is 0 Å². The third-order valence-electron chi connectivity index (χ3n) is 2.24. The standard InChI is InChI=1S/C9H14N2S2/c12-9-2-1-8(13-9)7-11-5-3-10-4-6-11/h1-2,10,12H,3-7H2. The number of rotatable bonds is 2. The maximum Gasteiger partial charge on any atom is 0.0571 e. The van der Waals surface area contributed by atoms with E-state index in [4.69, 9.17) is 0 Å². The van der Waals surface area contributed by atoms with Crippen molar-refractivity contribution in [1.29, 1.82) is 0 Å². The molecule has 2 nitrogen and oxygen atoms in total. The molecule has 1 aliphatic heterocycles. The van der Waals surface area contributed by atoms with Crippen LogP contribution in [0.5, 0.6) is 0 Å². The van der Waals surface area contributed by atoms with Crippen molar-refractivity contribution >= 4 is 24.0 Å². The van der Waals surface area contributed by atoms with Gasteiger partial charge in [0.25, 0.3) is 0 Å². The number of thiol groups is 1. The molecule has 0 bridgehead atoms. The summed E-state index contributed by atoms with van der Waals surface area (Å²) in [5.41, 5.74) is 0. The van der Waals surface area contributed by atoms with Gasteiger partial charge in [-0.25, -0.2) is 0 Å². The molecular weight excluding hydrogens is 200 g/mol. The van der Waals surface area contributed by atoms with E-state index in [1.807, 2.05) is 0 Å². The fourth-order valence-corrected chi connectivity index (χ4v) is 2.76. The predicted octanol–water partition coefficient (Wildman–Crippen LogP) is 1.44. The molecule has 0 spiro atoms. The molecule has 2 rings (SSSR count). The molecule has 1 aromatic heterocycles. The van der Waals surface area contributed by atoms with E-state index in [0.29, 0.717) is 0 Å². The second-order valence-electron chi connectivity index (χ2n) is 3.27. The maximum absolute atomic E-state index is 4.31. The molecule has 1 aliphatic rings. The normalized spacial score (nSPS) is 19.2. The zero-order valence-corrected chi connectivity index (χ0v) is 9.20. The first kappa shape index (κ1) is 9.52. The molecule has 0 amide bonds. The average Bonchev–Trinajstić information content (AvgIpc) is 2.53. The Labute approximate surface area is 88.4 Å². The van der Waals surface area contributed by atoms with Crippen molar-refractivity contribution in [2.75, 3.05) is 26.2 Å². The van der Waals surface area contributed by atoms with Gasteiger partial charge in [-0.2, -0.15) is 0 Å². The highest BCUT2D eigenvalue weighted by atomic mass is 32.2. The summed E-state index contributed by atoms with van der Waals surface area (Å²) in [6.07, 6.45) is 0. The first-order valence-corrected chi connectivity index (χ1v) is 5.82. The highest BCUT2D eigenvalue weighted by Crippen LogP contribution is 2.21. The lowest BCUT2D eigenvalue weighted by Gasteiger charge is -2.26. The summed E-state index contributed by atoms with van der Waals surface area (Å²) in [7, 11) is 0. The summed E-state index contributed by atoms with van der Waals surface area (Å²) in [5.74, 6) is 0. The number of hydrogen-bond acceptors (Lipinski definition) is 4. The third-order valence-corrected chi connectivity index (χ3v) is 3.53. The van der Waals surface area contributed by atoms with Crippen molar-refractivity contribution in [2.45, 2.75) is 10.8 Å². The van der Waals surface area contributed by atoms with Gasteiger partial charge in [0.2, 0.25) is 0 Å². The molecule has 4 heteroatoms. The molecule has 2 heterocycles. The van der Waals surface area contributed by atoms with Gasteiger partial charge in [0, 0.05) is 37.6 Å². The number of nitrogens with zero attached hydrogens (tertiary/aromatic N) is 1. The van der Waals surface area contributed by atoms with Crippen LogP contribution in [-0.4, -0.2) is 31.1 Å². The Bertz CT molecular complexity index is 266. The van der Waals surface area contributed by atoms with Gasteiger partial charge in [0.15, 0.2) is 0 Å². The lowest BCUT2D eigenvalue weighted by molar-refractivity contribution is 0.235. The Morgan fingerprint density at radius 3 is 2.77 bits per heavy atom. The van der Waals surface area contributed by atoms with Crippen LogP contribution in [0.1, 0.15) is 4.88 Å². The van der Waals surface area contributed by atoms with E-state index in [-0.39, 0.29) is 0 Å². The van der Waals surface area contributed by atoms with Crippen molar-refractivity contribution in [3.05, 3.63) is 17.0 Å². The van der Waals surface area contributed by atoms with E-state index >= 15 is 0 Å².